The van der Waals surface area contributed by atoms with Crippen LogP contribution >= 0.6 is 15.9 Å². The van der Waals surface area contributed by atoms with Gasteiger partial charge in [-0.1, -0.05) is 52.3 Å². The van der Waals surface area contributed by atoms with Crippen LogP contribution in [0, 0.1) is 0 Å². The zero-order valence-electron chi connectivity index (χ0n) is 16.2. The molecule has 0 spiro atoms. The lowest BCUT2D eigenvalue weighted by atomic mass is 10.1. The number of amides is 1. The maximum absolute atomic E-state index is 12.1. The van der Waals surface area contributed by atoms with E-state index in [4.69, 9.17) is 9.73 Å². The fourth-order valence-electron chi connectivity index (χ4n) is 2.88. The molecule has 1 atom stereocenters. The first-order chi connectivity index (χ1) is 13.3. The lowest BCUT2D eigenvalue weighted by molar-refractivity contribution is 0.0525. The molecule has 0 fully saturated rings. The van der Waals surface area contributed by atoms with Crippen molar-refractivity contribution in [1.29, 1.82) is 0 Å². The summed E-state index contributed by atoms with van der Waals surface area (Å²) >= 11 is 3.63. The number of carbonyl (C=O) groups excluding carboxylic acids is 1. The first-order valence-electron chi connectivity index (χ1n) is 9.14. The largest absolute Gasteiger partial charge is 0.444 e. The van der Waals surface area contributed by atoms with E-state index >= 15 is 0 Å². The van der Waals surface area contributed by atoms with Crippen LogP contribution in [-0.2, 0) is 4.74 Å². The van der Waals surface area contributed by atoms with Crippen molar-refractivity contribution in [1.82, 2.24) is 10.3 Å². The Morgan fingerprint density at radius 1 is 1.21 bits per heavy atom. The van der Waals surface area contributed by atoms with Gasteiger partial charge in [-0.3, -0.25) is 4.99 Å². The number of aliphatic imine (C=N–C) groups is 1. The highest BCUT2D eigenvalue weighted by atomic mass is 79.9. The van der Waals surface area contributed by atoms with Crippen LogP contribution in [0.1, 0.15) is 37.9 Å². The molecule has 146 valence electrons. The normalized spacial score (nSPS) is 13.0. The lowest BCUT2D eigenvalue weighted by Crippen LogP contribution is -2.34. The van der Waals surface area contributed by atoms with Gasteiger partial charge < -0.3 is 15.0 Å². The van der Waals surface area contributed by atoms with Crippen molar-refractivity contribution in [2.24, 2.45) is 4.99 Å². The fraction of sp³-hybridized carbons (Fsp3) is 0.273. The summed E-state index contributed by atoms with van der Waals surface area (Å²) in [5.41, 5.74) is 2.48. The van der Waals surface area contributed by atoms with Gasteiger partial charge >= 0.3 is 6.09 Å². The number of fused-ring (bicyclic) bond motifs is 1. The van der Waals surface area contributed by atoms with Crippen LogP contribution in [-0.4, -0.2) is 29.4 Å². The molecule has 0 saturated heterocycles. The van der Waals surface area contributed by atoms with Gasteiger partial charge in [0.15, 0.2) is 0 Å². The summed E-state index contributed by atoms with van der Waals surface area (Å²) in [6.45, 7) is 5.85. The quantitative estimate of drug-likeness (QED) is 0.504. The first kappa shape index (κ1) is 20.1. The molecule has 1 amide bonds. The van der Waals surface area contributed by atoms with E-state index in [9.17, 15) is 4.79 Å². The Bertz CT molecular complexity index is 974. The third-order valence-electron chi connectivity index (χ3n) is 4.09. The number of benzene rings is 2. The van der Waals surface area contributed by atoms with E-state index < -0.39 is 11.7 Å². The predicted octanol–water partition coefficient (Wildman–Crippen LogP) is 5.62. The van der Waals surface area contributed by atoms with Crippen molar-refractivity contribution in [3.05, 3.63) is 70.3 Å². The molecule has 2 N–H and O–H groups in total. The van der Waals surface area contributed by atoms with Crippen molar-refractivity contribution >= 4 is 39.1 Å². The number of carbonyl (C=O) groups is 1. The van der Waals surface area contributed by atoms with E-state index in [2.05, 4.69) is 26.2 Å². The molecule has 2 aromatic carbocycles. The Hall–Kier alpha value is -2.60. The highest BCUT2D eigenvalue weighted by molar-refractivity contribution is 9.10. The number of hydrogen-bond acceptors (Lipinski definition) is 3. The first-order valence-corrected chi connectivity index (χ1v) is 9.93. The van der Waals surface area contributed by atoms with Gasteiger partial charge in [-0.05, 0) is 38.5 Å². The van der Waals surface area contributed by atoms with E-state index in [0.29, 0.717) is 6.54 Å². The second kappa shape index (κ2) is 8.61. The zero-order chi connectivity index (χ0) is 20.1. The molecule has 3 rings (SSSR count). The smallest absolute Gasteiger partial charge is 0.407 e. The van der Waals surface area contributed by atoms with Crippen LogP contribution in [0.4, 0.5) is 4.79 Å². The van der Waals surface area contributed by atoms with Crippen LogP contribution in [0.2, 0.25) is 0 Å². The van der Waals surface area contributed by atoms with Gasteiger partial charge in [0.2, 0.25) is 0 Å². The Labute approximate surface area is 173 Å². The third-order valence-corrected chi connectivity index (χ3v) is 4.75. The van der Waals surface area contributed by atoms with Crippen molar-refractivity contribution in [3.63, 3.8) is 0 Å². The maximum Gasteiger partial charge on any atom is 0.407 e. The number of nitrogens with zero attached hydrogens (tertiary/aromatic N) is 1. The summed E-state index contributed by atoms with van der Waals surface area (Å²) in [6, 6.07) is 15.6. The number of alkyl carbamates (subject to hydrolysis) is 1. The van der Waals surface area contributed by atoms with Crippen molar-refractivity contribution in [2.75, 3.05) is 6.54 Å². The van der Waals surface area contributed by atoms with Crippen LogP contribution in [0.5, 0.6) is 0 Å². The molecule has 28 heavy (non-hydrogen) atoms. The summed E-state index contributed by atoms with van der Waals surface area (Å²) in [7, 11) is 0. The summed E-state index contributed by atoms with van der Waals surface area (Å²) in [5, 5.41) is 3.90. The minimum Gasteiger partial charge on any atom is -0.444 e. The molecule has 6 heteroatoms. The average molecular weight is 442 g/mol. The maximum atomic E-state index is 12.1. The van der Waals surface area contributed by atoms with E-state index in [1.54, 1.807) is 0 Å². The molecule has 1 heterocycles. The molecule has 0 aliphatic rings. The van der Waals surface area contributed by atoms with Crippen LogP contribution in [0.3, 0.4) is 0 Å². The van der Waals surface area contributed by atoms with Crippen LogP contribution < -0.4 is 5.32 Å². The molecule has 0 bridgehead atoms. The van der Waals surface area contributed by atoms with Crippen molar-refractivity contribution < 1.29 is 9.53 Å². The minimum atomic E-state index is -0.545. The standard InChI is InChI=1S/C22H24BrN3O2/c1-22(2,3)28-21(27)26-14-19(24-12-15-8-5-4-6-9-15)16-13-25-18-11-7-10-17(23)20(16)18/h4-13,19,25H,14H2,1-3H3,(H,26,27). The topological polar surface area (TPSA) is 66.5 Å². The van der Waals surface area contributed by atoms with Gasteiger partial charge in [0.05, 0.1) is 6.04 Å². The molecule has 0 saturated carbocycles. The van der Waals surface area contributed by atoms with Crippen LogP contribution in [0.15, 0.2) is 64.2 Å². The lowest BCUT2D eigenvalue weighted by Gasteiger charge is -2.21. The van der Waals surface area contributed by atoms with Crippen LogP contribution in [0.25, 0.3) is 10.9 Å². The number of halogens is 1. The summed E-state index contributed by atoms with van der Waals surface area (Å²) in [4.78, 5) is 20.2. The minimum absolute atomic E-state index is 0.264. The van der Waals surface area contributed by atoms with Gasteiger partial charge in [0, 0.05) is 39.9 Å². The summed E-state index contributed by atoms with van der Waals surface area (Å²) < 4.78 is 6.35. The number of H-pyrrole nitrogens is 1. The summed E-state index contributed by atoms with van der Waals surface area (Å²) in [5.74, 6) is 0. The number of aromatic nitrogens is 1. The van der Waals surface area contributed by atoms with Gasteiger partial charge in [-0.15, -0.1) is 0 Å². The molecular formula is C22H24BrN3O2. The highest BCUT2D eigenvalue weighted by Crippen LogP contribution is 2.32. The second-order valence-corrected chi connectivity index (χ2v) is 8.35. The SMILES string of the molecule is CC(C)(C)OC(=O)NCC(N=Cc1ccccc1)c1c[nH]c2cccc(Br)c12. The molecule has 0 aliphatic heterocycles. The highest BCUT2D eigenvalue weighted by Gasteiger charge is 2.20. The molecule has 1 unspecified atom stereocenters. The Kier molecular flexibility index (Phi) is 6.19. The molecular weight excluding hydrogens is 418 g/mol. The zero-order valence-corrected chi connectivity index (χ0v) is 17.8. The van der Waals surface area contributed by atoms with Gasteiger partial charge in [-0.25, -0.2) is 4.79 Å². The third kappa shape index (κ3) is 5.23. The van der Waals surface area contributed by atoms with Gasteiger partial charge in [-0.2, -0.15) is 0 Å². The number of ether oxygens (including phenoxy) is 1. The van der Waals surface area contributed by atoms with Crippen molar-refractivity contribution in [3.8, 4) is 0 Å². The Morgan fingerprint density at radius 3 is 2.68 bits per heavy atom. The molecule has 3 aromatic rings. The second-order valence-electron chi connectivity index (χ2n) is 7.49. The number of rotatable bonds is 5. The van der Waals surface area contributed by atoms with E-state index in [0.717, 1.165) is 26.5 Å². The fourth-order valence-corrected chi connectivity index (χ4v) is 3.48. The van der Waals surface area contributed by atoms with E-state index in [1.165, 1.54) is 0 Å². The Balaban J connectivity index is 1.88. The Morgan fingerprint density at radius 2 is 1.96 bits per heavy atom. The number of hydrogen-bond donors (Lipinski definition) is 2. The van der Waals surface area contributed by atoms with E-state index in [1.807, 2.05) is 81.7 Å². The van der Waals surface area contributed by atoms with Gasteiger partial charge in [0.25, 0.3) is 0 Å². The summed E-state index contributed by atoms with van der Waals surface area (Å²) in [6.07, 6.45) is 3.32. The molecule has 0 radical (unpaired) electrons. The molecule has 1 aromatic heterocycles. The molecule has 5 nitrogen and oxygen atoms in total. The monoisotopic (exact) mass is 441 g/mol. The molecule has 0 aliphatic carbocycles. The predicted molar refractivity (Wildman–Crippen MR) is 117 cm³/mol. The van der Waals surface area contributed by atoms with Crippen molar-refractivity contribution in [2.45, 2.75) is 32.4 Å². The number of nitrogens with one attached hydrogen (secondary N) is 2. The average Bonchev–Trinajstić information content (AvgIpc) is 3.06. The number of aromatic amines is 1. The van der Waals surface area contributed by atoms with E-state index in [-0.39, 0.29) is 6.04 Å². The van der Waals surface area contributed by atoms with Gasteiger partial charge in [0.1, 0.15) is 5.60 Å².